The van der Waals surface area contributed by atoms with Crippen molar-refractivity contribution in [3.63, 3.8) is 0 Å². The monoisotopic (exact) mass is 292 g/mol. The number of rotatable bonds is 8. The molecule has 2 heterocycles. The topological polar surface area (TPSA) is 43.3 Å². The molecule has 4 heteroatoms. The molecule has 2 rings (SSSR count). The van der Waals surface area contributed by atoms with Crippen molar-refractivity contribution >= 4 is 0 Å². The van der Waals surface area contributed by atoms with Crippen LogP contribution in [0.4, 0.5) is 0 Å². The second-order valence-electron chi connectivity index (χ2n) is 5.86. The smallest absolute Gasteiger partial charge is 0.292 e. The predicted molar refractivity (Wildman–Crippen MR) is 86.0 cm³/mol. The SMILES string of the molecule is CCCCCOc1cccn(CCC2CCCCN2)c1=O. The number of piperidine rings is 1. The lowest BCUT2D eigenvalue weighted by Crippen LogP contribution is -2.35. The van der Waals surface area contributed by atoms with Gasteiger partial charge in [-0.25, -0.2) is 0 Å². The molecule has 0 amide bonds. The second-order valence-corrected chi connectivity index (χ2v) is 5.86. The van der Waals surface area contributed by atoms with Crippen LogP contribution in [0.3, 0.4) is 0 Å². The van der Waals surface area contributed by atoms with E-state index in [4.69, 9.17) is 4.74 Å². The highest BCUT2D eigenvalue weighted by Gasteiger charge is 2.13. The van der Waals surface area contributed by atoms with E-state index < -0.39 is 0 Å². The summed E-state index contributed by atoms with van der Waals surface area (Å²) in [6, 6.07) is 4.24. The summed E-state index contributed by atoms with van der Waals surface area (Å²) in [5, 5.41) is 3.53. The minimum atomic E-state index is 0.00445. The fourth-order valence-corrected chi connectivity index (χ4v) is 2.80. The lowest BCUT2D eigenvalue weighted by atomic mass is 10.0. The molecule has 1 atom stereocenters. The van der Waals surface area contributed by atoms with E-state index in [1.165, 1.54) is 19.3 Å². The largest absolute Gasteiger partial charge is 0.488 e. The number of hydrogen-bond donors (Lipinski definition) is 1. The van der Waals surface area contributed by atoms with Crippen molar-refractivity contribution in [1.82, 2.24) is 9.88 Å². The van der Waals surface area contributed by atoms with Crippen molar-refractivity contribution < 1.29 is 4.74 Å². The van der Waals surface area contributed by atoms with Gasteiger partial charge in [-0.1, -0.05) is 26.2 Å². The predicted octanol–water partition coefficient (Wildman–Crippen LogP) is 2.95. The molecule has 1 aliphatic heterocycles. The van der Waals surface area contributed by atoms with Gasteiger partial charge in [0.1, 0.15) is 0 Å². The molecule has 21 heavy (non-hydrogen) atoms. The Morgan fingerprint density at radius 1 is 1.38 bits per heavy atom. The van der Waals surface area contributed by atoms with Crippen LogP contribution in [0.15, 0.2) is 23.1 Å². The van der Waals surface area contributed by atoms with E-state index in [2.05, 4.69) is 12.2 Å². The first-order valence-electron chi connectivity index (χ1n) is 8.37. The maximum atomic E-state index is 12.3. The van der Waals surface area contributed by atoms with E-state index in [1.54, 1.807) is 10.6 Å². The normalized spacial score (nSPS) is 18.6. The number of nitrogens with zero attached hydrogens (tertiary/aromatic N) is 1. The maximum absolute atomic E-state index is 12.3. The molecule has 0 aliphatic carbocycles. The summed E-state index contributed by atoms with van der Waals surface area (Å²) < 4.78 is 7.41. The van der Waals surface area contributed by atoms with E-state index in [-0.39, 0.29) is 5.56 Å². The highest BCUT2D eigenvalue weighted by Crippen LogP contribution is 2.11. The molecule has 1 fully saturated rings. The highest BCUT2D eigenvalue weighted by molar-refractivity contribution is 5.17. The van der Waals surface area contributed by atoms with E-state index in [9.17, 15) is 4.79 Å². The second kappa shape index (κ2) is 8.88. The summed E-state index contributed by atoms with van der Waals surface area (Å²) >= 11 is 0. The number of hydrogen-bond acceptors (Lipinski definition) is 3. The molecule has 118 valence electrons. The van der Waals surface area contributed by atoms with Gasteiger partial charge in [0.2, 0.25) is 0 Å². The lowest BCUT2D eigenvalue weighted by molar-refractivity contribution is 0.298. The van der Waals surface area contributed by atoms with Crippen molar-refractivity contribution in [3.8, 4) is 5.75 Å². The Balaban J connectivity index is 1.86. The Hall–Kier alpha value is -1.29. The molecule has 1 saturated heterocycles. The van der Waals surface area contributed by atoms with E-state index in [0.717, 1.165) is 38.8 Å². The molecular formula is C17H28N2O2. The minimum absolute atomic E-state index is 0.00445. The zero-order valence-electron chi connectivity index (χ0n) is 13.1. The lowest BCUT2D eigenvalue weighted by Gasteiger charge is -2.23. The van der Waals surface area contributed by atoms with Crippen LogP contribution in [0, 0.1) is 0 Å². The third-order valence-corrected chi connectivity index (χ3v) is 4.12. The van der Waals surface area contributed by atoms with Gasteiger partial charge in [0.05, 0.1) is 6.61 Å². The van der Waals surface area contributed by atoms with Gasteiger partial charge >= 0.3 is 0 Å². The summed E-state index contributed by atoms with van der Waals surface area (Å²) in [6.07, 6.45) is 10.00. The molecule has 1 aromatic heterocycles. The minimum Gasteiger partial charge on any atom is -0.488 e. The first kappa shape index (κ1) is 16.1. The molecule has 0 spiro atoms. The third-order valence-electron chi connectivity index (χ3n) is 4.12. The van der Waals surface area contributed by atoms with Gasteiger partial charge in [-0.2, -0.15) is 0 Å². The van der Waals surface area contributed by atoms with Crippen LogP contribution in [0.5, 0.6) is 5.75 Å². The number of pyridine rings is 1. The highest BCUT2D eigenvalue weighted by atomic mass is 16.5. The van der Waals surface area contributed by atoms with Crippen LogP contribution in [-0.2, 0) is 6.54 Å². The van der Waals surface area contributed by atoms with Gasteiger partial charge in [-0.05, 0) is 44.4 Å². The molecule has 4 nitrogen and oxygen atoms in total. The van der Waals surface area contributed by atoms with Crippen molar-refractivity contribution in [2.45, 2.75) is 64.5 Å². The van der Waals surface area contributed by atoms with Crippen LogP contribution < -0.4 is 15.6 Å². The molecule has 0 aromatic carbocycles. The molecule has 1 unspecified atom stereocenters. The third kappa shape index (κ3) is 5.20. The van der Waals surface area contributed by atoms with Crippen LogP contribution in [0.25, 0.3) is 0 Å². The summed E-state index contributed by atoms with van der Waals surface area (Å²) in [7, 11) is 0. The maximum Gasteiger partial charge on any atom is 0.292 e. The fourth-order valence-electron chi connectivity index (χ4n) is 2.80. The zero-order valence-corrected chi connectivity index (χ0v) is 13.1. The Labute approximate surface area is 127 Å². The van der Waals surface area contributed by atoms with Crippen molar-refractivity contribution in [3.05, 3.63) is 28.7 Å². The van der Waals surface area contributed by atoms with Crippen molar-refractivity contribution in [2.24, 2.45) is 0 Å². The molecule has 0 bridgehead atoms. The number of unbranched alkanes of at least 4 members (excludes halogenated alkanes) is 2. The van der Waals surface area contributed by atoms with Gasteiger partial charge in [0.15, 0.2) is 5.75 Å². The standard InChI is InChI=1S/C17H28N2O2/c1-2-3-6-14-21-16-9-7-12-19(17(16)20)13-10-15-8-4-5-11-18-15/h7,9,12,15,18H,2-6,8,10-11,13-14H2,1H3. The molecule has 1 aliphatic rings. The molecule has 0 radical (unpaired) electrons. The number of ether oxygens (including phenoxy) is 1. The molecule has 1 N–H and O–H groups in total. The summed E-state index contributed by atoms with van der Waals surface area (Å²) in [4.78, 5) is 12.3. The molecule has 1 aromatic rings. The van der Waals surface area contributed by atoms with Crippen LogP contribution in [-0.4, -0.2) is 23.8 Å². The Kier molecular flexibility index (Phi) is 6.80. The first-order chi connectivity index (χ1) is 10.3. The van der Waals surface area contributed by atoms with Gasteiger partial charge in [0, 0.05) is 18.8 Å². The van der Waals surface area contributed by atoms with Gasteiger partial charge in [-0.3, -0.25) is 4.79 Å². The van der Waals surface area contributed by atoms with E-state index in [0.29, 0.717) is 18.4 Å². The van der Waals surface area contributed by atoms with Crippen LogP contribution in [0.1, 0.15) is 51.9 Å². The summed E-state index contributed by atoms with van der Waals surface area (Å²) in [5.74, 6) is 0.491. The van der Waals surface area contributed by atoms with E-state index >= 15 is 0 Å². The first-order valence-corrected chi connectivity index (χ1v) is 8.37. The quantitative estimate of drug-likeness (QED) is 0.749. The van der Waals surface area contributed by atoms with Crippen LogP contribution >= 0.6 is 0 Å². The average molecular weight is 292 g/mol. The average Bonchev–Trinajstić information content (AvgIpc) is 2.53. The Morgan fingerprint density at radius 3 is 3.05 bits per heavy atom. The molecule has 0 saturated carbocycles. The number of nitrogens with one attached hydrogen (secondary N) is 1. The van der Waals surface area contributed by atoms with Gasteiger partial charge in [0.25, 0.3) is 5.56 Å². The fraction of sp³-hybridized carbons (Fsp3) is 0.706. The van der Waals surface area contributed by atoms with Gasteiger partial charge in [-0.15, -0.1) is 0 Å². The summed E-state index contributed by atoms with van der Waals surface area (Å²) in [6.45, 7) is 4.68. The number of aryl methyl sites for hydroxylation is 1. The van der Waals surface area contributed by atoms with Crippen LogP contribution in [0.2, 0.25) is 0 Å². The summed E-state index contributed by atoms with van der Waals surface area (Å²) in [5.41, 5.74) is 0.00445. The van der Waals surface area contributed by atoms with E-state index in [1.807, 2.05) is 12.3 Å². The Bertz CT molecular complexity index is 464. The van der Waals surface area contributed by atoms with Crippen molar-refractivity contribution in [2.75, 3.05) is 13.2 Å². The zero-order chi connectivity index (χ0) is 14.9. The molecular weight excluding hydrogens is 264 g/mol. The van der Waals surface area contributed by atoms with Gasteiger partial charge < -0.3 is 14.6 Å². The number of aromatic nitrogens is 1. The van der Waals surface area contributed by atoms with Crippen molar-refractivity contribution in [1.29, 1.82) is 0 Å². The Morgan fingerprint density at radius 2 is 2.29 bits per heavy atom.